The van der Waals surface area contributed by atoms with Gasteiger partial charge in [-0.25, -0.2) is 0 Å². The molecule has 0 amide bonds. The summed E-state index contributed by atoms with van der Waals surface area (Å²) in [7, 11) is 0. The van der Waals surface area contributed by atoms with E-state index in [-0.39, 0.29) is 66.5 Å². The maximum absolute atomic E-state index is 0. The normalized spacial score (nSPS) is 0. The predicted molar refractivity (Wildman–Crippen MR) is 11.5 cm³/mol. The second kappa shape index (κ2) is 20.3. The van der Waals surface area contributed by atoms with Crippen LogP contribution in [0.5, 0.6) is 0 Å². The largest absolute Gasteiger partial charge is 0 e. The van der Waals surface area contributed by atoms with Gasteiger partial charge in [0, 0.05) is 66.5 Å². The molecule has 0 unspecified atom stereocenters. The minimum absolute atomic E-state index is 0. The summed E-state index contributed by atoms with van der Waals surface area (Å²) in [5.41, 5.74) is 0. The van der Waals surface area contributed by atoms with E-state index in [0.29, 0.717) is 0 Å². The zero-order valence-corrected chi connectivity index (χ0v) is 7.11. The van der Waals surface area contributed by atoms with Crippen molar-refractivity contribution < 1.29 is 38.1 Å². The van der Waals surface area contributed by atoms with E-state index < -0.39 is 0 Å². The molecule has 0 nitrogen and oxygen atoms in total. The van der Waals surface area contributed by atoms with E-state index in [1.807, 2.05) is 0 Å². The smallest absolute Gasteiger partial charge is 0 e. The predicted octanol–water partition coefficient (Wildman–Crippen LogP) is -0.767. The van der Waals surface area contributed by atoms with Gasteiger partial charge >= 0.3 is 0 Å². The number of hydrogen-bond acceptors (Lipinski definition) is 0. The van der Waals surface area contributed by atoms with Gasteiger partial charge in [-0.3, -0.25) is 0 Å². The molecule has 0 heterocycles. The summed E-state index contributed by atoms with van der Waals surface area (Å²) >= 11 is 0. The number of rotatable bonds is 0. The summed E-state index contributed by atoms with van der Waals surface area (Å²) in [5, 5.41) is 0. The molecule has 0 aromatic heterocycles. The number of hydrogen-bond donors (Lipinski definition) is 0. The van der Waals surface area contributed by atoms with Gasteiger partial charge in [0.2, 0.25) is 0 Å². The first-order valence-corrected chi connectivity index (χ1v) is 0. The Bertz CT molecular complexity index is 8.00. The van der Waals surface area contributed by atoms with E-state index in [1.54, 1.807) is 0 Å². The third-order valence-corrected chi connectivity index (χ3v) is 0. The van der Waals surface area contributed by atoms with Crippen LogP contribution in [0, 0.1) is 0 Å². The molecule has 7 radical (unpaired) electrons. The maximum atomic E-state index is 0. The van der Waals surface area contributed by atoms with E-state index in [2.05, 4.69) is 0 Å². The fourth-order valence-electron chi connectivity index (χ4n) is 0. The topological polar surface area (TPSA) is 0 Å². The molecule has 0 rings (SSSR count). The fraction of sp³-hybridized carbons (Fsp3) is 0. The van der Waals surface area contributed by atoms with Crippen LogP contribution in [0.2, 0.25) is 0 Å². The Labute approximate surface area is 66.0 Å². The van der Waals surface area contributed by atoms with Crippen LogP contribution in [0.25, 0.3) is 0 Å². The van der Waals surface area contributed by atoms with Gasteiger partial charge in [0.25, 0.3) is 0 Å². The molecule has 0 aromatic carbocycles. The van der Waals surface area contributed by atoms with E-state index >= 15 is 0 Å². The molecule has 4 heavy (non-hydrogen) atoms. The van der Waals surface area contributed by atoms with Crippen molar-refractivity contribution in [2.24, 2.45) is 0 Å². The Balaban J connectivity index is 0. The molecular weight excluding hydrogens is 207 g/mol. The average molecular weight is 207 g/mol. The molecule has 0 aliphatic carbocycles. The molecule has 21 valence electrons. The summed E-state index contributed by atoms with van der Waals surface area (Å²) < 4.78 is 0. The van der Waals surface area contributed by atoms with Crippen molar-refractivity contribution >= 4 is 28.3 Å². The molecule has 0 aliphatic heterocycles. The second-order valence-electron chi connectivity index (χ2n) is 0. The van der Waals surface area contributed by atoms with E-state index in [1.165, 1.54) is 0 Å². The van der Waals surface area contributed by atoms with Gasteiger partial charge in [-0.1, -0.05) is 0 Å². The van der Waals surface area contributed by atoms with E-state index in [9.17, 15) is 0 Å². The quantitative estimate of drug-likeness (QED) is 0.457. The molecule has 0 aliphatic rings. The van der Waals surface area contributed by atoms with Crippen molar-refractivity contribution in [2.75, 3.05) is 0 Å². The Kier molecular flexibility index (Phi) is 194. The zero-order chi connectivity index (χ0) is 0. The van der Waals surface area contributed by atoms with Crippen molar-refractivity contribution in [3.8, 4) is 0 Å². The standard InChI is InChI=1S/Al.Fe.Mo.Si. The molecule has 0 saturated heterocycles. The zero-order valence-electron chi connectivity index (χ0n) is 1.84. The minimum atomic E-state index is 0. The first-order valence-electron chi connectivity index (χ1n) is 0. The fourth-order valence-corrected chi connectivity index (χ4v) is 0. The molecule has 0 spiro atoms. The average Bonchev–Trinajstić information content (AvgIpc) is 0. The van der Waals surface area contributed by atoms with Crippen LogP contribution in [0.4, 0.5) is 0 Å². The van der Waals surface area contributed by atoms with E-state index in [0.717, 1.165) is 0 Å². The van der Waals surface area contributed by atoms with Crippen molar-refractivity contribution in [1.82, 2.24) is 0 Å². The molecule has 4 heteroatoms. The van der Waals surface area contributed by atoms with Gasteiger partial charge in [0.05, 0.1) is 0 Å². The molecular formula is AlFeMoSi. The third-order valence-electron chi connectivity index (χ3n) is 0. The molecule has 0 saturated carbocycles. The van der Waals surface area contributed by atoms with Crippen molar-refractivity contribution in [3.05, 3.63) is 0 Å². The van der Waals surface area contributed by atoms with Gasteiger partial charge in [-0.05, 0) is 0 Å². The Morgan fingerprint density at radius 1 is 1.00 bits per heavy atom. The monoisotopic (exact) mass is 209 g/mol. The van der Waals surface area contributed by atoms with Gasteiger partial charge < -0.3 is 0 Å². The summed E-state index contributed by atoms with van der Waals surface area (Å²) in [6.07, 6.45) is 0. The summed E-state index contributed by atoms with van der Waals surface area (Å²) in [6.45, 7) is 0. The van der Waals surface area contributed by atoms with Crippen LogP contribution < -0.4 is 0 Å². The Morgan fingerprint density at radius 3 is 1.00 bits per heavy atom. The van der Waals surface area contributed by atoms with Crippen molar-refractivity contribution in [3.63, 3.8) is 0 Å². The van der Waals surface area contributed by atoms with Crippen LogP contribution >= 0.6 is 0 Å². The minimum Gasteiger partial charge on any atom is 0 e. The van der Waals surface area contributed by atoms with Gasteiger partial charge in [0.15, 0.2) is 0 Å². The van der Waals surface area contributed by atoms with Gasteiger partial charge in [-0.2, -0.15) is 0 Å². The molecule has 0 bridgehead atoms. The second-order valence-corrected chi connectivity index (χ2v) is 0. The molecule has 0 N–H and O–H groups in total. The van der Waals surface area contributed by atoms with Crippen LogP contribution in [-0.2, 0) is 38.1 Å². The first kappa shape index (κ1) is 38.2. The molecule has 0 atom stereocenters. The van der Waals surface area contributed by atoms with Crippen LogP contribution in [0.15, 0.2) is 0 Å². The Hall–Kier alpha value is 1.96. The van der Waals surface area contributed by atoms with Gasteiger partial charge in [0.1, 0.15) is 0 Å². The van der Waals surface area contributed by atoms with Crippen molar-refractivity contribution in [1.29, 1.82) is 0 Å². The third kappa shape index (κ3) is 9.03. The molecule has 0 fully saturated rings. The van der Waals surface area contributed by atoms with Crippen LogP contribution in [0.1, 0.15) is 0 Å². The maximum Gasteiger partial charge on any atom is 0 e. The van der Waals surface area contributed by atoms with Crippen LogP contribution in [-0.4, -0.2) is 28.3 Å². The molecule has 0 aromatic rings. The van der Waals surface area contributed by atoms with Crippen LogP contribution in [0.3, 0.4) is 0 Å². The van der Waals surface area contributed by atoms with Crippen molar-refractivity contribution in [2.45, 2.75) is 0 Å². The summed E-state index contributed by atoms with van der Waals surface area (Å²) in [4.78, 5) is 0. The SMILES string of the molecule is [Al].[Fe].[Mo].[Si]. The van der Waals surface area contributed by atoms with Gasteiger partial charge in [-0.15, -0.1) is 0 Å². The van der Waals surface area contributed by atoms with E-state index in [4.69, 9.17) is 0 Å². The summed E-state index contributed by atoms with van der Waals surface area (Å²) in [5.74, 6) is 0. The summed E-state index contributed by atoms with van der Waals surface area (Å²) in [6, 6.07) is 0. The Morgan fingerprint density at radius 2 is 1.00 bits per heavy atom. The first-order chi connectivity index (χ1) is 0.